The van der Waals surface area contributed by atoms with E-state index in [2.05, 4.69) is 90.8 Å². The van der Waals surface area contributed by atoms with Gasteiger partial charge >= 0.3 is 0 Å². The summed E-state index contributed by atoms with van der Waals surface area (Å²) in [6, 6.07) is 17.5. The van der Waals surface area contributed by atoms with Crippen molar-refractivity contribution >= 4 is 17.3 Å². The summed E-state index contributed by atoms with van der Waals surface area (Å²) in [6.07, 6.45) is 2.91. The van der Waals surface area contributed by atoms with Gasteiger partial charge in [0.25, 0.3) is 0 Å². The predicted molar refractivity (Wildman–Crippen MR) is 132 cm³/mol. The zero-order chi connectivity index (χ0) is 22.1. The highest BCUT2D eigenvalue weighted by Crippen LogP contribution is 2.41. The second-order valence-corrected chi connectivity index (χ2v) is 9.24. The van der Waals surface area contributed by atoms with Crippen LogP contribution in [0.4, 0.5) is 0 Å². The second-order valence-electron chi connectivity index (χ2n) is 8.85. The molecule has 1 N–H and O–H groups in total. The van der Waals surface area contributed by atoms with Crippen LogP contribution in [0.25, 0.3) is 5.69 Å². The van der Waals surface area contributed by atoms with E-state index < -0.39 is 0 Å². The summed E-state index contributed by atoms with van der Waals surface area (Å²) in [5.74, 6) is 0.509. The number of hydrogen-bond acceptors (Lipinski definition) is 2. The fourth-order valence-corrected chi connectivity index (χ4v) is 5.01. The molecule has 1 saturated heterocycles. The Labute approximate surface area is 191 Å². The molecule has 0 amide bonds. The molecular weight excluding hydrogens is 400 g/mol. The molecule has 1 fully saturated rings. The van der Waals surface area contributed by atoms with Crippen molar-refractivity contribution < 1.29 is 0 Å². The van der Waals surface area contributed by atoms with Gasteiger partial charge in [0.1, 0.15) is 0 Å². The van der Waals surface area contributed by atoms with Crippen LogP contribution in [0.1, 0.15) is 61.1 Å². The van der Waals surface area contributed by atoms with Gasteiger partial charge in [-0.3, -0.25) is 4.98 Å². The number of aromatic nitrogens is 2. The summed E-state index contributed by atoms with van der Waals surface area (Å²) in [5.41, 5.74) is 7.39. The van der Waals surface area contributed by atoms with Crippen molar-refractivity contribution in [2.45, 2.75) is 53.1 Å². The fourth-order valence-electron chi connectivity index (χ4n) is 4.70. The third kappa shape index (κ3) is 4.11. The average Bonchev–Trinajstić information content (AvgIpc) is 3.24. The van der Waals surface area contributed by atoms with Gasteiger partial charge in [0.15, 0.2) is 5.11 Å². The number of pyridine rings is 1. The number of benzene rings is 1. The first-order valence-corrected chi connectivity index (χ1v) is 11.6. The summed E-state index contributed by atoms with van der Waals surface area (Å²) in [4.78, 5) is 7.02. The van der Waals surface area contributed by atoms with Crippen molar-refractivity contribution in [3.8, 4) is 5.69 Å². The molecule has 1 aliphatic heterocycles. The van der Waals surface area contributed by atoms with Crippen molar-refractivity contribution in [2.75, 3.05) is 6.54 Å². The lowest BCUT2D eigenvalue weighted by atomic mass is 9.96. The molecule has 0 radical (unpaired) electrons. The van der Waals surface area contributed by atoms with Crippen LogP contribution >= 0.6 is 12.2 Å². The normalized spacial score (nSPS) is 18.6. The van der Waals surface area contributed by atoms with Gasteiger partial charge in [-0.1, -0.05) is 39.0 Å². The van der Waals surface area contributed by atoms with Crippen LogP contribution in [-0.2, 0) is 6.42 Å². The number of nitrogens with one attached hydrogen (secondary N) is 1. The maximum Gasteiger partial charge on any atom is 0.170 e. The molecule has 4 nitrogen and oxygen atoms in total. The van der Waals surface area contributed by atoms with Crippen molar-refractivity contribution in [1.29, 1.82) is 0 Å². The summed E-state index contributed by atoms with van der Waals surface area (Å²) in [7, 11) is 0. The highest BCUT2D eigenvalue weighted by atomic mass is 32.1. The SMILES string of the molecule is CCc1ccc(-n2c(C)cc([C@H]3[C@H](c4ccccn4)NC(=S)N3CC(C)C)c2C)cc1. The maximum atomic E-state index is 5.80. The third-order valence-electron chi connectivity index (χ3n) is 6.15. The van der Waals surface area contributed by atoms with Crippen LogP contribution in [-0.4, -0.2) is 26.1 Å². The van der Waals surface area contributed by atoms with Crippen LogP contribution in [0.15, 0.2) is 54.7 Å². The van der Waals surface area contributed by atoms with Crippen molar-refractivity contribution in [1.82, 2.24) is 19.8 Å². The molecule has 2 aromatic heterocycles. The van der Waals surface area contributed by atoms with E-state index in [0.29, 0.717) is 5.92 Å². The Kier molecular flexibility index (Phi) is 6.15. The van der Waals surface area contributed by atoms with Gasteiger partial charge in [0, 0.05) is 29.8 Å². The second kappa shape index (κ2) is 8.83. The lowest BCUT2D eigenvalue weighted by Gasteiger charge is -2.29. The zero-order valence-electron chi connectivity index (χ0n) is 19.1. The quantitative estimate of drug-likeness (QED) is 0.508. The molecular formula is C26H32N4S. The Morgan fingerprint density at radius 1 is 1.10 bits per heavy atom. The number of hydrogen-bond donors (Lipinski definition) is 1. The first-order valence-electron chi connectivity index (χ1n) is 11.2. The molecule has 5 heteroatoms. The molecule has 4 rings (SSSR count). The van der Waals surface area contributed by atoms with Gasteiger partial charge in [-0.05, 0) is 79.9 Å². The van der Waals surface area contributed by atoms with E-state index in [1.807, 2.05) is 18.3 Å². The molecule has 162 valence electrons. The molecule has 31 heavy (non-hydrogen) atoms. The van der Waals surface area contributed by atoms with Crippen LogP contribution in [0.5, 0.6) is 0 Å². The summed E-state index contributed by atoms with van der Waals surface area (Å²) < 4.78 is 2.36. The number of rotatable bonds is 6. The summed E-state index contributed by atoms with van der Waals surface area (Å²) in [6.45, 7) is 12.0. The molecule has 2 atom stereocenters. The highest BCUT2D eigenvalue weighted by Gasteiger charge is 2.41. The largest absolute Gasteiger partial charge is 0.352 e. The van der Waals surface area contributed by atoms with E-state index in [-0.39, 0.29) is 12.1 Å². The number of thiocarbonyl (C=S) groups is 1. The Morgan fingerprint density at radius 3 is 2.45 bits per heavy atom. The van der Waals surface area contributed by atoms with E-state index in [9.17, 15) is 0 Å². The predicted octanol–water partition coefficient (Wildman–Crippen LogP) is 5.68. The molecule has 0 spiro atoms. The molecule has 3 aromatic rings. The topological polar surface area (TPSA) is 33.1 Å². The monoisotopic (exact) mass is 432 g/mol. The lowest BCUT2D eigenvalue weighted by Crippen LogP contribution is -2.33. The number of nitrogens with zero attached hydrogens (tertiary/aromatic N) is 3. The Bertz CT molecular complexity index is 1050. The van der Waals surface area contributed by atoms with E-state index in [4.69, 9.17) is 12.2 Å². The highest BCUT2D eigenvalue weighted by molar-refractivity contribution is 7.80. The molecule has 1 aliphatic rings. The molecule has 0 aliphatic carbocycles. The van der Waals surface area contributed by atoms with Gasteiger partial charge in [0.2, 0.25) is 0 Å². The van der Waals surface area contributed by atoms with Crippen molar-refractivity contribution in [2.24, 2.45) is 5.92 Å². The Morgan fingerprint density at radius 2 is 1.84 bits per heavy atom. The smallest absolute Gasteiger partial charge is 0.170 e. The van der Waals surface area contributed by atoms with Gasteiger partial charge < -0.3 is 14.8 Å². The molecule has 3 heterocycles. The Balaban J connectivity index is 1.81. The van der Waals surface area contributed by atoms with Crippen molar-refractivity contribution in [3.63, 3.8) is 0 Å². The summed E-state index contributed by atoms with van der Waals surface area (Å²) >= 11 is 5.80. The van der Waals surface area contributed by atoms with E-state index >= 15 is 0 Å². The Hall–Kier alpha value is -2.66. The molecule has 1 aromatic carbocycles. The van der Waals surface area contributed by atoms with E-state index in [1.165, 1.54) is 28.2 Å². The first kappa shape index (κ1) is 21.6. The summed E-state index contributed by atoms with van der Waals surface area (Å²) in [5, 5.41) is 4.38. The fraction of sp³-hybridized carbons (Fsp3) is 0.385. The number of aryl methyl sites for hydroxylation is 2. The van der Waals surface area contributed by atoms with Gasteiger partial charge in [-0.25, -0.2) is 0 Å². The minimum absolute atomic E-state index is 0.0314. The van der Waals surface area contributed by atoms with E-state index in [1.54, 1.807) is 0 Å². The minimum atomic E-state index is 0.0314. The minimum Gasteiger partial charge on any atom is -0.352 e. The molecule has 0 unspecified atom stereocenters. The lowest BCUT2D eigenvalue weighted by molar-refractivity contribution is 0.287. The first-order chi connectivity index (χ1) is 14.9. The van der Waals surface area contributed by atoms with Gasteiger partial charge in [0.05, 0.1) is 17.8 Å². The van der Waals surface area contributed by atoms with Crippen LogP contribution in [0.2, 0.25) is 0 Å². The molecule has 0 saturated carbocycles. The standard InChI is InChI=1S/C26H32N4S/c1-6-20-10-12-21(13-11-20)30-18(4)15-22(19(30)5)25-24(23-9-7-8-14-27-23)28-26(31)29(25)16-17(2)3/h7-15,17,24-25H,6,16H2,1-5H3,(H,28,31)/t24-,25-/m0/s1. The van der Waals surface area contributed by atoms with Crippen LogP contribution in [0, 0.1) is 19.8 Å². The average molecular weight is 433 g/mol. The third-order valence-corrected chi connectivity index (χ3v) is 6.50. The zero-order valence-corrected chi connectivity index (χ0v) is 19.9. The van der Waals surface area contributed by atoms with Crippen LogP contribution in [0.3, 0.4) is 0 Å². The van der Waals surface area contributed by atoms with Gasteiger partial charge in [-0.2, -0.15) is 0 Å². The van der Waals surface area contributed by atoms with Gasteiger partial charge in [-0.15, -0.1) is 0 Å². The van der Waals surface area contributed by atoms with E-state index in [0.717, 1.165) is 23.8 Å². The maximum absolute atomic E-state index is 5.80. The molecule has 0 bridgehead atoms. The van der Waals surface area contributed by atoms with Crippen molar-refractivity contribution in [3.05, 3.63) is 82.9 Å². The van der Waals surface area contributed by atoms with Crippen LogP contribution < -0.4 is 5.32 Å².